The van der Waals surface area contributed by atoms with Gasteiger partial charge in [0, 0.05) is 20.0 Å². The molecule has 1 saturated carbocycles. The van der Waals surface area contributed by atoms with Gasteiger partial charge in [0.2, 0.25) is 12.1 Å². The minimum absolute atomic E-state index is 0.0581. The highest BCUT2D eigenvalue weighted by Crippen LogP contribution is 2.35. The number of aliphatic hydroxyl groups is 1. The SMILES string of the molecule is Cc1c(CCO)sc[n+]1CC(=O)O[C@@H]1C[C@@H](C)CC[C@@H]1C(C)C. The number of hydrogen-bond donors (Lipinski definition) is 1. The van der Waals surface area contributed by atoms with Crippen LogP contribution in [0, 0.1) is 24.7 Å². The van der Waals surface area contributed by atoms with Gasteiger partial charge < -0.3 is 9.84 Å². The van der Waals surface area contributed by atoms with Crippen molar-refractivity contribution >= 4 is 17.3 Å². The van der Waals surface area contributed by atoms with Gasteiger partial charge in [-0.25, -0.2) is 4.79 Å². The number of carbonyl (C=O) groups excluding carboxylic acids is 1. The van der Waals surface area contributed by atoms with E-state index in [1.165, 1.54) is 6.42 Å². The lowest BCUT2D eigenvalue weighted by molar-refractivity contribution is -0.687. The summed E-state index contributed by atoms with van der Waals surface area (Å²) in [5.41, 5.74) is 3.00. The number of aromatic nitrogens is 1. The Balaban J connectivity index is 1.97. The molecule has 1 aliphatic carbocycles. The molecular formula is C18H30NO3S+. The summed E-state index contributed by atoms with van der Waals surface area (Å²) in [6.07, 6.45) is 4.08. The maximum atomic E-state index is 12.4. The third-order valence-electron chi connectivity index (χ3n) is 5.04. The summed E-state index contributed by atoms with van der Waals surface area (Å²) in [6.45, 7) is 9.09. The van der Waals surface area contributed by atoms with E-state index < -0.39 is 0 Å². The molecule has 0 bridgehead atoms. The van der Waals surface area contributed by atoms with E-state index in [4.69, 9.17) is 9.84 Å². The standard InChI is InChI=1S/C18H30NO3S/c1-12(2)15-6-5-13(3)9-16(15)22-18(21)10-19-11-23-17(7-8-20)14(19)4/h11-13,15-16,20H,5-10H2,1-4H3/q+1/t13-,15+,16+/m0/s1. The third kappa shape index (κ3) is 4.77. The molecule has 1 aromatic heterocycles. The molecule has 1 fully saturated rings. The Morgan fingerprint density at radius 3 is 2.87 bits per heavy atom. The number of ether oxygens (including phenoxy) is 1. The van der Waals surface area contributed by atoms with E-state index in [9.17, 15) is 4.79 Å². The van der Waals surface area contributed by atoms with Crippen LogP contribution < -0.4 is 4.57 Å². The van der Waals surface area contributed by atoms with E-state index in [0.29, 0.717) is 24.2 Å². The van der Waals surface area contributed by atoms with Crippen molar-refractivity contribution in [2.45, 2.75) is 66.0 Å². The average molecular weight is 341 g/mol. The predicted octanol–water partition coefficient (Wildman–Crippen LogP) is 2.88. The molecule has 2 rings (SSSR count). The Morgan fingerprint density at radius 1 is 1.48 bits per heavy atom. The van der Waals surface area contributed by atoms with Crippen molar-refractivity contribution in [3.05, 3.63) is 16.1 Å². The molecule has 0 aromatic carbocycles. The lowest BCUT2D eigenvalue weighted by Gasteiger charge is -2.36. The minimum Gasteiger partial charge on any atom is -0.457 e. The number of carbonyl (C=O) groups is 1. The second-order valence-corrected chi connectivity index (χ2v) is 8.13. The highest BCUT2D eigenvalue weighted by atomic mass is 32.1. The summed E-state index contributed by atoms with van der Waals surface area (Å²) in [6, 6.07) is 0. The van der Waals surface area contributed by atoms with Crippen molar-refractivity contribution in [3.8, 4) is 0 Å². The van der Waals surface area contributed by atoms with Gasteiger partial charge in [-0.05, 0) is 30.6 Å². The fraction of sp³-hybridized carbons (Fsp3) is 0.778. The fourth-order valence-corrected chi connectivity index (χ4v) is 4.53. The number of nitrogens with zero attached hydrogens (tertiary/aromatic N) is 1. The number of esters is 1. The second-order valence-electron chi connectivity index (χ2n) is 7.19. The quantitative estimate of drug-likeness (QED) is 0.640. The maximum Gasteiger partial charge on any atom is 0.373 e. The van der Waals surface area contributed by atoms with Gasteiger partial charge in [0.1, 0.15) is 6.10 Å². The maximum absolute atomic E-state index is 12.4. The van der Waals surface area contributed by atoms with Crippen molar-refractivity contribution < 1.29 is 19.2 Å². The molecule has 130 valence electrons. The summed E-state index contributed by atoms with van der Waals surface area (Å²) in [5, 5.41) is 9.06. The van der Waals surface area contributed by atoms with Crippen LogP contribution in [-0.2, 0) is 22.5 Å². The van der Waals surface area contributed by atoms with E-state index in [0.717, 1.165) is 23.4 Å². The molecule has 0 spiro atoms. The van der Waals surface area contributed by atoms with E-state index in [2.05, 4.69) is 20.8 Å². The van der Waals surface area contributed by atoms with E-state index in [1.54, 1.807) is 11.3 Å². The zero-order valence-electron chi connectivity index (χ0n) is 14.7. The molecule has 5 heteroatoms. The second kappa shape index (κ2) is 8.25. The first kappa shape index (κ1) is 18.4. The van der Waals surface area contributed by atoms with Gasteiger partial charge >= 0.3 is 5.97 Å². The Bertz CT molecular complexity index is 526. The Hall–Kier alpha value is -0.940. The molecule has 0 aliphatic heterocycles. The van der Waals surface area contributed by atoms with Gasteiger partial charge in [0.05, 0.1) is 4.88 Å². The summed E-state index contributed by atoms with van der Waals surface area (Å²) < 4.78 is 7.80. The van der Waals surface area contributed by atoms with Gasteiger partial charge in [-0.1, -0.05) is 38.5 Å². The lowest BCUT2D eigenvalue weighted by Crippen LogP contribution is -2.43. The summed E-state index contributed by atoms with van der Waals surface area (Å²) in [5.74, 6) is 1.52. The van der Waals surface area contributed by atoms with Crippen molar-refractivity contribution in [2.75, 3.05) is 6.61 Å². The highest BCUT2D eigenvalue weighted by molar-refractivity contribution is 7.09. The molecule has 0 amide bonds. The molecule has 3 atom stereocenters. The van der Waals surface area contributed by atoms with Crippen molar-refractivity contribution in [2.24, 2.45) is 17.8 Å². The molecule has 0 saturated heterocycles. The fourth-order valence-electron chi connectivity index (χ4n) is 3.54. The van der Waals surface area contributed by atoms with E-state index in [1.807, 2.05) is 17.0 Å². The first-order valence-electron chi connectivity index (χ1n) is 8.69. The smallest absolute Gasteiger partial charge is 0.373 e. The normalized spacial score (nSPS) is 24.9. The molecule has 23 heavy (non-hydrogen) atoms. The van der Waals surface area contributed by atoms with Crippen molar-refractivity contribution in [1.82, 2.24) is 0 Å². The Kier molecular flexibility index (Phi) is 6.60. The lowest BCUT2D eigenvalue weighted by atomic mass is 9.75. The van der Waals surface area contributed by atoms with Crippen LogP contribution in [-0.4, -0.2) is 23.8 Å². The average Bonchev–Trinajstić information content (AvgIpc) is 2.80. The molecule has 1 aromatic rings. The molecule has 0 radical (unpaired) electrons. The van der Waals surface area contributed by atoms with Gasteiger partial charge in [0.25, 0.3) is 0 Å². The van der Waals surface area contributed by atoms with Crippen LogP contribution in [0.4, 0.5) is 0 Å². The Morgan fingerprint density at radius 2 is 2.22 bits per heavy atom. The largest absolute Gasteiger partial charge is 0.457 e. The zero-order valence-corrected chi connectivity index (χ0v) is 15.6. The first-order chi connectivity index (χ1) is 10.9. The highest BCUT2D eigenvalue weighted by Gasteiger charge is 2.34. The van der Waals surface area contributed by atoms with Crippen LogP contribution in [0.15, 0.2) is 5.51 Å². The first-order valence-corrected chi connectivity index (χ1v) is 9.57. The van der Waals surface area contributed by atoms with Crippen LogP contribution in [0.2, 0.25) is 0 Å². The number of aliphatic hydroxyl groups excluding tert-OH is 1. The molecule has 1 heterocycles. The number of rotatable bonds is 6. The van der Waals surface area contributed by atoms with Crippen LogP contribution in [0.3, 0.4) is 0 Å². The van der Waals surface area contributed by atoms with Crippen molar-refractivity contribution in [3.63, 3.8) is 0 Å². The van der Waals surface area contributed by atoms with E-state index >= 15 is 0 Å². The monoisotopic (exact) mass is 340 g/mol. The minimum atomic E-state index is -0.142. The molecule has 4 nitrogen and oxygen atoms in total. The van der Waals surface area contributed by atoms with E-state index in [-0.39, 0.29) is 25.2 Å². The number of hydrogen-bond acceptors (Lipinski definition) is 4. The molecular weight excluding hydrogens is 310 g/mol. The summed E-state index contributed by atoms with van der Waals surface area (Å²) in [7, 11) is 0. The van der Waals surface area contributed by atoms with Gasteiger partial charge in [-0.3, -0.25) is 0 Å². The van der Waals surface area contributed by atoms with Gasteiger partial charge in [0.15, 0.2) is 5.69 Å². The summed E-state index contributed by atoms with van der Waals surface area (Å²) in [4.78, 5) is 13.5. The van der Waals surface area contributed by atoms with Crippen LogP contribution >= 0.6 is 11.3 Å². The summed E-state index contributed by atoms with van der Waals surface area (Å²) >= 11 is 1.59. The van der Waals surface area contributed by atoms with Crippen LogP contribution in [0.1, 0.15) is 50.6 Å². The molecule has 1 N–H and O–H groups in total. The predicted molar refractivity (Wildman–Crippen MR) is 91.3 cm³/mol. The zero-order chi connectivity index (χ0) is 17.0. The van der Waals surface area contributed by atoms with Gasteiger partial charge in [-0.15, -0.1) is 0 Å². The van der Waals surface area contributed by atoms with Crippen molar-refractivity contribution in [1.29, 1.82) is 0 Å². The van der Waals surface area contributed by atoms with Crippen LogP contribution in [0.25, 0.3) is 0 Å². The number of thiazole rings is 1. The van der Waals surface area contributed by atoms with Crippen LogP contribution in [0.5, 0.6) is 0 Å². The molecule has 0 unspecified atom stereocenters. The third-order valence-corrected chi connectivity index (χ3v) is 6.18. The topological polar surface area (TPSA) is 50.4 Å². The molecule has 1 aliphatic rings. The van der Waals surface area contributed by atoms with Gasteiger partial charge in [-0.2, -0.15) is 4.57 Å². The Labute approximate surface area is 143 Å².